The number of hydrogen-bond donors (Lipinski definition) is 2. The summed E-state index contributed by atoms with van der Waals surface area (Å²) in [7, 11) is 0. The van der Waals surface area contributed by atoms with Crippen LogP contribution in [0.5, 0.6) is 0 Å². The van der Waals surface area contributed by atoms with Crippen molar-refractivity contribution in [3.05, 3.63) is 41.1 Å². The first-order valence-corrected chi connectivity index (χ1v) is 6.95. The maximum atomic E-state index is 6.09. The van der Waals surface area contributed by atoms with E-state index in [0.29, 0.717) is 0 Å². The molecule has 1 atom stereocenters. The van der Waals surface area contributed by atoms with Gasteiger partial charge in [0.25, 0.3) is 0 Å². The molecule has 3 rings (SSSR count). The summed E-state index contributed by atoms with van der Waals surface area (Å²) in [5.41, 5.74) is 3.95. The Hall–Kier alpha value is -0.960. The summed E-state index contributed by atoms with van der Waals surface area (Å²) < 4.78 is 0. The van der Waals surface area contributed by atoms with Gasteiger partial charge in [0.05, 0.1) is 19.6 Å². The minimum Gasteiger partial charge on any atom is -1.00 e. The first kappa shape index (κ1) is 14.4. The zero-order chi connectivity index (χ0) is 12.5. The molecule has 4 heteroatoms. The predicted molar refractivity (Wildman–Crippen MR) is 77.1 cm³/mol. The van der Waals surface area contributed by atoms with Crippen molar-refractivity contribution in [2.75, 3.05) is 19.6 Å². The maximum Gasteiger partial charge on any atom is 0.0964 e. The molecular weight excluding hydrogens is 279 g/mol. The van der Waals surface area contributed by atoms with Crippen molar-refractivity contribution in [2.45, 2.75) is 13.3 Å². The third kappa shape index (κ3) is 2.81. The van der Waals surface area contributed by atoms with Gasteiger partial charge in [-0.3, -0.25) is 0 Å². The van der Waals surface area contributed by atoms with Crippen molar-refractivity contribution in [3.8, 4) is 0 Å². The maximum absolute atomic E-state index is 6.09. The van der Waals surface area contributed by atoms with Crippen molar-refractivity contribution < 1.29 is 17.3 Å². The molecule has 0 radical (unpaired) electrons. The van der Waals surface area contributed by atoms with Crippen LogP contribution in [0, 0.1) is 0 Å². The SMILES string of the molecule is CC[NH+]1CC=C(c2c[nH]c3ccc(Cl)cc23)CC1.[Cl-]. The second kappa shape index (κ2) is 6.00. The average Bonchev–Trinajstić information content (AvgIpc) is 2.82. The van der Waals surface area contributed by atoms with Crippen LogP contribution in [0.1, 0.15) is 18.9 Å². The molecule has 0 amide bonds. The van der Waals surface area contributed by atoms with Crippen LogP contribution in [-0.2, 0) is 0 Å². The Balaban J connectivity index is 0.00000133. The van der Waals surface area contributed by atoms with Gasteiger partial charge in [0.15, 0.2) is 0 Å². The fraction of sp³-hybridized carbons (Fsp3) is 0.333. The standard InChI is InChI=1S/C15H17ClN2.ClH/c1-2-18-7-5-11(6-8-18)14-10-17-15-4-3-12(16)9-13(14)15;/h3-5,9-10,17H,2,6-8H2,1H3;1H. The number of halogens is 2. The number of hydrogen-bond acceptors (Lipinski definition) is 0. The van der Waals surface area contributed by atoms with E-state index in [1.54, 1.807) is 4.90 Å². The zero-order valence-electron chi connectivity index (χ0n) is 11.0. The lowest BCUT2D eigenvalue weighted by Crippen LogP contribution is -3.12. The van der Waals surface area contributed by atoms with Crippen LogP contribution in [0.25, 0.3) is 16.5 Å². The van der Waals surface area contributed by atoms with Crippen molar-refractivity contribution >= 4 is 28.1 Å². The van der Waals surface area contributed by atoms with Crippen LogP contribution in [0.3, 0.4) is 0 Å². The number of nitrogens with one attached hydrogen (secondary N) is 2. The fourth-order valence-electron chi connectivity index (χ4n) is 2.71. The van der Waals surface area contributed by atoms with Crippen LogP contribution < -0.4 is 17.3 Å². The van der Waals surface area contributed by atoms with Gasteiger partial charge in [-0.05, 0) is 36.8 Å². The van der Waals surface area contributed by atoms with Gasteiger partial charge in [0.1, 0.15) is 0 Å². The second-order valence-electron chi connectivity index (χ2n) is 4.93. The van der Waals surface area contributed by atoms with Gasteiger partial charge in [-0.25, -0.2) is 0 Å². The molecule has 0 saturated heterocycles. The first-order valence-electron chi connectivity index (χ1n) is 6.57. The summed E-state index contributed by atoms with van der Waals surface area (Å²) in [6, 6.07) is 6.04. The minimum absolute atomic E-state index is 0. The molecule has 0 spiro atoms. The number of fused-ring (bicyclic) bond motifs is 1. The minimum atomic E-state index is 0. The van der Waals surface area contributed by atoms with Gasteiger partial charge in [-0.15, -0.1) is 0 Å². The first-order chi connectivity index (χ1) is 8.78. The van der Waals surface area contributed by atoms with Crippen molar-refractivity contribution in [3.63, 3.8) is 0 Å². The molecule has 0 bridgehead atoms. The highest BCUT2D eigenvalue weighted by Gasteiger charge is 2.16. The Bertz CT molecular complexity index is 601. The van der Waals surface area contributed by atoms with Gasteiger partial charge in [-0.1, -0.05) is 11.6 Å². The number of quaternary nitrogens is 1. The van der Waals surface area contributed by atoms with E-state index in [9.17, 15) is 0 Å². The number of likely N-dealkylation sites (N-methyl/N-ethyl adjacent to an activating group) is 1. The molecule has 0 aliphatic carbocycles. The van der Waals surface area contributed by atoms with E-state index < -0.39 is 0 Å². The summed E-state index contributed by atoms with van der Waals surface area (Å²) in [5, 5.41) is 2.05. The zero-order valence-corrected chi connectivity index (χ0v) is 12.5. The van der Waals surface area contributed by atoms with E-state index in [-0.39, 0.29) is 12.4 Å². The molecule has 1 aromatic carbocycles. The Morgan fingerprint density at radius 2 is 2.21 bits per heavy atom. The van der Waals surface area contributed by atoms with Crippen LogP contribution in [0.15, 0.2) is 30.5 Å². The van der Waals surface area contributed by atoms with Gasteiger partial charge >= 0.3 is 0 Å². The number of rotatable bonds is 2. The van der Waals surface area contributed by atoms with Gasteiger partial charge < -0.3 is 22.3 Å². The van der Waals surface area contributed by atoms with E-state index in [2.05, 4.69) is 30.2 Å². The van der Waals surface area contributed by atoms with Crippen LogP contribution in [0.2, 0.25) is 5.02 Å². The van der Waals surface area contributed by atoms with Crippen LogP contribution >= 0.6 is 11.6 Å². The van der Waals surface area contributed by atoms with Crippen molar-refractivity contribution in [1.29, 1.82) is 0 Å². The molecule has 1 aromatic heterocycles. The Morgan fingerprint density at radius 3 is 2.89 bits per heavy atom. The lowest BCUT2D eigenvalue weighted by atomic mass is 9.99. The smallest absolute Gasteiger partial charge is 0.0964 e. The quantitative estimate of drug-likeness (QED) is 0.747. The predicted octanol–water partition coefficient (Wildman–Crippen LogP) is -0.483. The molecule has 0 fully saturated rings. The largest absolute Gasteiger partial charge is 1.00 e. The third-order valence-corrected chi connectivity index (χ3v) is 4.11. The molecule has 1 unspecified atom stereocenters. The normalized spacial score (nSPS) is 19.1. The fourth-order valence-corrected chi connectivity index (χ4v) is 2.88. The van der Waals surface area contributed by atoms with E-state index in [1.807, 2.05) is 12.1 Å². The molecular formula is C15H18Cl2N2. The van der Waals surface area contributed by atoms with E-state index in [4.69, 9.17) is 11.6 Å². The summed E-state index contributed by atoms with van der Waals surface area (Å²) in [5.74, 6) is 0. The molecule has 19 heavy (non-hydrogen) atoms. The molecule has 2 N–H and O–H groups in total. The number of H-pyrrole nitrogens is 1. The summed E-state index contributed by atoms with van der Waals surface area (Å²) in [6.07, 6.45) is 5.65. The third-order valence-electron chi connectivity index (χ3n) is 3.87. The molecule has 2 heterocycles. The summed E-state index contributed by atoms with van der Waals surface area (Å²) in [6.45, 7) is 5.83. The lowest BCUT2D eigenvalue weighted by Gasteiger charge is -2.22. The number of aromatic amines is 1. The molecule has 1 aliphatic rings. The number of benzene rings is 1. The van der Waals surface area contributed by atoms with Crippen molar-refractivity contribution in [2.24, 2.45) is 0 Å². The highest BCUT2D eigenvalue weighted by molar-refractivity contribution is 6.31. The second-order valence-corrected chi connectivity index (χ2v) is 5.37. The molecule has 2 nitrogen and oxygen atoms in total. The molecule has 0 saturated carbocycles. The molecule has 2 aromatic rings. The Labute approximate surface area is 124 Å². The van der Waals surface area contributed by atoms with Gasteiger partial charge in [0, 0.05) is 34.1 Å². The van der Waals surface area contributed by atoms with Gasteiger partial charge in [-0.2, -0.15) is 0 Å². The van der Waals surface area contributed by atoms with E-state index >= 15 is 0 Å². The number of aromatic nitrogens is 1. The van der Waals surface area contributed by atoms with Gasteiger partial charge in [0.2, 0.25) is 0 Å². The van der Waals surface area contributed by atoms with Crippen molar-refractivity contribution in [1.82, 2.24) is 4.98 Å². The van der Waals surface area contributed by atoms with Crippen LogP contribution in [-0.4, -0.2) is 24.6 Å². The van der Waals surface area contributed by atoms with E-state index in [1.165, 1.54) is 35.1 Å². The lowest BCUT2D eigenvalue weighted by molar-refractivity contribution is -0.893. The highest BCUT2D eigenvalue weighted by atomic mass is 35.5. The summed E-state index contributed by atoms with van der Waals surface area (Å²) in [4.78, 5) is 5.00. The van der Waals surface area contributed by atoms with Crippen LogP contribution in [0.4, 0.5) is 0 Å². The highest BCUT2D eigenvalue weighted by Crippen LogP contribution is 2.29. The van der Waals surface area contributed by atoms with E-state index in [0.717, 1.165) is 18.0 Å². The molecule has 1 aliphatic heterocycles. The summed E-state index contributed by atoms with van der Waals surface area (Å²) >= 11 is 6.09. The Morgan fingerprint density at radius 1 is 1.37 bits per heavy atom. The monoisotopic (exact) mass is 296 g/mol. The Kier molecular flexibility index (Phi) is 4.56. The molecule has 102 valence electrons. The topological polar surface area (TPSA) is 20.2 Å². The average molecular weight is 297 g/mol.